The fourth-order valence-corrected chi connectivity index (χ4v) is 4.09. The van der Waals surface area contributed by atoms with Gasteiger partial charge in [-0.05, 0) is 37.0 Å². The summed E-state index contributed by atoms with van der Waals surface area (Å²) in [5.74, 6) is 3.64. The largest absolute Gasteiger partial charge is 0.419 e. The van der Waals surface area contributed by atoms with Gasteiger partial charge in [-0.3, -0.25) is 0 Å². The molecule has 0 saturated carbocycles. The summed E-state index contributed by atoms with van der Waals surface area (Å²) in [5, 5.41) is 12.1. The standard InChI is InChI=1S/C21H33N5O/c1-13(2)18-8-16(15(5)7-17(18)10-23-14(3)4)9-20-24-25-21(27-20)19-11-22-12-26(19)6/h7,11-14,16-18,23H,8-10H2,1-6H3. The molecular formula is C21H33N5O. The molecule has 2 aromatic heterocycles. The second-order valence-corrected chi connectivity index (χ2v) is 8.57. The van der Waals surface area contributed by atoms with Crippen LogP contribution in [0, 0.1) is 23.7 Å². The first-order valence-electron chi connectivity index (χ1n) is 10.1. The van der Waals surface area contributed by atoms with Crippen molar-refractivity contribution in [1.82, 2.24) is 25.1 Å². The molecule has 1 aliphatic rings. The van der Waals surface area contributed by atoms with Crippen molar-refractivity contribution in [3.05, 3.63) is 30.1 Å². The van der Waals surface area contributed by atoms with Gasteiger partial charge in [-0.2, -0.15) is 0 Å². The van der Waals surface area contributed by atoms with Gasteiger partial charge in [0, 0.05) is 26.1 Å². The number of allylic oxidation sites excluding steroid dienone is 1. The molecule has 6 heteroatoms. The van der Waals surface area contributed by atoms with Crippen molar-refractivity contribution < 1.29 is 4.42 Å². The summed E-state index contributed by atoms with van der Waals surface area (Å²) in [7, 11) is 1.93. The maximum atomic E-state index is 5.94. The van der Waals surface area contributed by atoms with Crippen LogP contribution in [0.1, 0.15) is 46.9 Å². The normalized spacial score (nSPS) is 23.3. The van der Waals surface area contributed by atoms with E-state index in [0.29, 0.717) is 41.5 Å². The summed E-state index contributed by atoms with van der Waals surface area (Å²) in [4.78, 5) is 4.12. The Morgan fingerprint density at radius 3 is 2.67 bits per heavy atom. The van der Waals surface area contributed by atoms with Crippen LogP contribution in [0.4, 0.5) is 0 Å². The van der Waals surface area contributed by atoms with Crippen LogP contribution < -0.4 is 5.32 Å². The molecule has 27 heavy (non-hydrogen) atoms. The third-order valence-corrected chi connectivity index (χ3v) is 5.77. The lowest BCUT2D eigenvalue weighted by Crippen LogP contribution is -2.37. The zero-order valence-electron chi connectivity index (χ0n) is 17.4. The quantitative estimate of drug-likeness (QED) is 0.748. The van der Waals surface area contributed by atoms with Crippen LogP contribution in [0.3, 0.4) is 0 Å². The van der Waals surface area contributed by atoms with E-state index < -0.39 is 0 Å². The fraction of sp³-hybridized carbons (Fsp3) is 0.667. The second kappa shape index (κ2) is 8.38. The van der Waals surface area contributed by atoms with E-state index in [0.717, 1.165) is 18.7 Å². The smallest absolute Gasteiger partial charge is 0.265 e. The molecule has 3 unspecified atom stereocenters. The van der Waals surface area contributed by atoms with Gasteiger partial charge in [-0.25, -0.2) is 4.98 Å². The van der Waals surface area contributed by atoms with Crippen molar-refractivity contribution in [1.29, 1.82) is 0 Å². The van der Waals surface area contributed by atoms with Crippen molar-refractivity contribution >= 4 is 0 Å². The van der Waals surface area contributed by atoms with Crippen molar-refractivity contribution in [3.63, 3.8) is 0 Å². The highest BCUT2D eigenvalue weighted by molar-refractivity contribution is 5.44. The Morgan fingerprint density at radius 2 is 2.04 bits per heavy atom. The highest BCUT2D eigenvalue weighted by atomic mass is 16.4. The molecule has 2 heterocycles. The van der Waals surface area contributed by atoms with Crippen molar-refractivity contribution in [2.45, 2.75) is 53.5 Å². The Hall–Kier alpha value is -1.95. The average molecular weight is 372 g/mol. The SMILES string of the molecule is CC1=CC(CNC(C)C)C(C(C)C)CC1Cc1nnc(-c2cncn2C)o1. The molecule has 3 rings (SSSR count). The van der Waals surface area contributed by atoms with E-state index >= 15 is 0 Å². The molecule has 2 aromatic rings. The number of nitrogens with one attached hydrogen (secondary N) is 1. The first kappa shape index (κ1) is 19.8. The lowest BCUT2D eigenvalue weighted by molar-refractivity contribution is 0.216. The molecule has 0 amide bonds. The van der Waals surface area contributed by atoms with E-state index in [2.05, 4.69) is 61.2 Å². The summed E-state index contributed by atoms with van der Waals surface area (Å²) in [6, 6.07) is 0.521. The molecule has 148 valence electrons. The summed E-state index contributed by atoms with van der Waals surface area (Å²) in [5.41, 5.74) is 2.30. The van der Waals surface area contributed by atoms with E-state index in [1.54, 1.807) is 12.5 Å². The molecule has 0 fully saturated rings. The van der Waals surface area contributed by atoms with Gasteiger partial charge in [0.2, 0.25) is 5.89 Å². The highest BCUT2D eigenvalue weighted by Gasteiger charge is 2.32. The van der Waals surface area contributed by atoms with Crippen LogP contribution in [0.2, 0.25) is 0 Å². The molecule has 0 aromatic carbocycles. The third kappa shape index (κ3) is 4.67. The average Bonchev–Trinajstić information content (AvgIpc) is 3.23. The summed E-state index contributed by atoms with van der Waals surface area (Å²) >= 11 is 0. The molecule has 0 radical (unpaired) electrons. The van der Waals surface area contributed by atoms with Crippen molar-refractivity contribution in [2.75, 3.05) is 6.54 Å². The number of hydrogen-bond acceptors (Lipinski definition) is 5. The maximum absolute atomic E-state index is 5.94. The number of aromatic nitrogens is 4. The molecular weight excluding hydrogens is 338 g/mol. The zero-order chi connectivity index (χ0) is 19.6. The molecule has 1 aliphatic carbocycles. The molecule has 0 bridgehead atoms. The van der Waals surface area contributed by atoms with Gasteiger partial charge in [-0.1, -0.05) is 39.3 Å². The minimum absolute atomic E-state index is 0.465. The van der Waals surface area contributed by atoms with Crippen LogP contribution in [0.15, 0.2) is 28.6 Å². The first-order valence-corrected chi connectivity index (χ1v) is 10.1. The predicted molar refractivity (Wildman–Crippen MR) is 107 cm³/mol. The van der Waals surface area contributed by atoms with Crippen molar-refractivity contribution in [2.24, 2.45) is 30.7 Å². The Bertz CT molecular complexity index is 773. The van der Waals surface area contributed by atoms with E-state index in [1.165, 1.54) is 12.0 Å². The third-order valence-electron chi connectivity index (χ3n) is 5.77. The Balaban J connectivity index is 1.72. The summed E-state index contributed by atoms with van der Waals surface area (Å²) in [6.45, 7) is 12.4. The van der Waals surface area contributed by atoms with Crippen LogP contribution in [-0.4, -0.2) is 32.3 Å². The van der Waals surface area contributed by atoms with Gasteiger partial charge in [0.1, 0.15) is 5.69 Å². The monoisotopic (exact) mass is 371 g/mol. The minimum Gasteiger partial charge on any atom is -0.419 e. The van der Waals surface area contributed by atoms with E-state index in [4.69, 9.17) is 4.42 Å². The fourth-order valence-electron chi connectivity index (χ4n) is 4.09. The van der Waals surface area contributed by atoms with Crippen LogP contribution in [0.25, 0.3) is 11.6 Å². The Labute approximate surface area is 162 Å². The molecule has 0 saturated heterocycles. The topological polar surface area (TPSA) is 68.8 Å². The van der Waals surface area contributed by atoms with Gasteiger partial charge in [0.25, 0.3) is 5.89 Å². The Morgan fingerprint density at radius 1 is 1.26 bits per heavy atom. The van der Waals surface area contributed by atoms with Gasteiger partial charge < -0.3 is 14.3 Å². The number of hydrogen-bond donors (Lipinski definition) is 1. The van der Waals surface area contributed by atoms with Gasteiger partial charge in [0.05, 0.1) is 12.5 Å². The first-order chi connectivity index (χ1) is 12.8. The predicted octanol–water partition coefficient (Wildman–Crippen LogP) is 3.87. The van der Waals surface area contributed by atoms with E-state index in [1.807, 2.05) is 11.6 Å². The van der Waals surface area contributed by atoms with Crippen LogP contribution in [0.5, 0.6) is 0 Å². The highest BCUT2D eigenvalue weighted by Crippen LogP contribution is 2.38. The number of rotatable bonds is 7. The van der Waals surface area contributed by atoms with Gasteiger partial charge >= 0.3 is 0 Å². The van der Waals surface area contributed by atoms with Crippen molar-refractivity contribution in [3.8, 4) is 11.6 Å². The molecule has 6 nitrogen and oxygen atoms in total. The summed E-state index contributed by atoms with van der Waals surface area (Å²) < 4.78 is 7.83. The molecule has 0 spiro atoms. The zero-order valence-corrected chi connectivity index (χ0v) is 17.4. The number of imidazole rings is 1. The van der Waals surface area contributed by atoms with Crippen LogP contribution in [-0.2, 0) is 13.5 Å². The number of nitrogens with zero attached hydrogens (tertiary/aromatic N) is 4. The lowest BCUT2D eigenvalue weighted by atomic mass is 9.70. The minimum atomic E-state index is 0.465. The Kier molecular flexibility index (Phi) is 6.15. The lowest BCUT2D eigenvalue weighted by Gasteiger charge is -2.37. The maximum Gasteiger partial charge on any atom is 0.265 e. The summed E-state index contributed by atoms with van der Waals surface area (Å²) in [6.07, 6.45) is 7.96. The van der Waals surface area contributed by atoms with Gasteiger partial charge in [0.15, 0.2) is 0 Å². The number of aryl methyl sites for hydroxylation is 1. The second-order valence-electron chi connectivity index (χ2n) is 8.57. The van der Waals surface area contributed by atoms with Crippen LogP contribution >= 0.6 is 0 Å². The van der Waals surface area contributed by atoms with E-state index in [9.17, 15) is 0 Å². The van der Waals surface area contributed by atoms with E-state index in [-0.39, 0.29) is 0 Å². The molecule has 3 atom stereocenters. The molecule has 1 N–H and O–H groups in total. The van der Waals surface area contributed by atoms with Gasteiger partial charge in [-0.15, -0.1) is 10.2 Å². The molecule has 0 aliphatic heterocycles.